The summed E-state index contributed by atoms with van der Waals surface area (Å²) >= 11 is 5.70. The van der Waals surface area contributed by atoms with Gasteiger partial charge in [0.2, 0.25) is 5.91 Å². The standard InChI is InChI=1S/C14H10ClFN2O2/c1-8(20)18-14-5-12(9(7-19)6-17-14)11-3-2-10(15)4-13(11)16/h2-7H,1H3,(H,17,18,20). The van der Waals surface area contributed by atoms with Crippen LogP contribution in [-0.4, -0.2) is 17.2 Å². The molecule has 4 nitrogen and oxygen atoms in total. The molecule has 2 rings (SSSR count). The molecule has 0 saturated carbocycles. The van der Waals surface area contributed by atoms with Crippen LogP contribution in [0.4, 0.5) is 10.2 Å². The highest BCUT2D eigenvalue weighted by Gasteiger charge is 2.12. The molecule has 0 aliphatic rings. The molecule has 1 amide bonds. The third kappa shape index (κ3) is 3.00. The van der Waals surface area contributed by atoms with Crippen molar-refractivity contribution >= 4 is 29.6 Å². The van der Waals surface area contributed by atoms with E-state index in [-0.39, 0.29) is 27.9 Å². The average Bonchev–Trinajstić information content (AvgIpc) is 2.38. The number of halogens is 2. The van der Waals surface area contributed by atoms with Crippen LogP contribution in [0, 0.1) is 5.82 Å². The second-order valence-electron chi connectivity index (χ2n) is 4.08. The lowest BCUT2D eigenvalue weighted by Gasteiger charge is -2.09. The molecule has 0 unspecified atom stereocenters. The van der Waals surface area contributed by atoms with Crippen LogP contribution in [0.1, 0.15) is 17.3 Å². The molecule has 0 aliphatic heterocycles. The highest BCUT2D eigenvalue weighted by molar-refractivity contribution is 6.30. The van der Waals surface area contributed by atoms with Gasteiger partial charge in [-0.25, -0.2) is 9.37 Å². The Bertz CT molecular complexity index is 689. The van der Waals surface area contributed by atoms with Crippen LogP contribution in [0.3, 0.4) is 0 Å². The van der Waals surface area contributed by atoms with Gasteiger partial charge in [-0.2, -0.15) is 0 Å². The molecule has 0 saturated heterocycles. The fourth-order valence-electron chi connectivity index (χ4n) is 1.75. The number of nitrogens with zero attached hydrogens (tertiary/aromatic N) is 1. The molecule has 0 bridgehead atoms. The van der Waals surface area contributed by atoms with Gasteiger partial charge in [-0.15, -0.1) is 0 Å². The fraction of sp³-hybridized carbons (Fsp3) is 0.0714. The van der Waals surface area contributed by atoms with Crippen LogP contribution in [-0.2, 0) is 4.79 Å². The predicted octanol–water partition coefficient (Wildman–Crippen LogP) is 3.31. The largest absolute Gasteiger partial charge is 0.311 e. The second kappa shape index (κ2) is 5.79. The van der Waals surface area contributed by atoms with Crippen LogP contribution in [0.25, 0.3) is 11.1 Å². The molecule has 0 radical (unpaired) electrons. The number of carbonyl (C=O) groups is 2. The number of benzene rings is 1. The van der Waals surface area contributed by atoms with E-state index in [2.05, 4.69) is 10.3 Å². The molecule has 6 heteroatoms. The van der Waals surface area contributed by atoms with Crippen molar-refractivity contribution in [3.63, 3.8) is 0 Å². The summed E-state index contributed by atoms with van der Waals surface area (Å²) in [5, 5.41) is 2.74. The predicted molar refractivity (Wildman–Crippen MR) is 74.3 cm³/mol. The summed E-state index contributed by atoms with van der Waals surface area (Å²) in [6.07, 6.45) is 1.86. The summed E-state index contributed by atoms with van der Waals surface area (Å²) in [4.78, 5) is 26.0. The van der Waals surface area contributed by atoms with Crippen molar-refractivity contribution in [1.29, 1.82) is 0 Å². The maximum Gasteiger partial charge on any atom is 0.222 e. The van der Waals surface area contributed by atoms with Crippen molar-refractivity contribution in [2.45, 2.75) is 6.92 Å². The molecule has 0 atom stereocenters. The Balaban J connectivity index is 2.57. The van der Waals surface area contributed by atoms with Crippen molar-refractivity contribution in [2.24, 2.45) is 0 Å². The number of hydrogen-bond donors (Lipinski definition) is 1. The lowest BCUT2D eigenvalue weighted by atomic mass is 10.0. The monoisotopic (exact) mass is 292 g/mol. The van der Waals surface area contributed by atoms with Crippen LogP contribution >= 0.6 is 11.6 Å². The Labute approximate surface area is 119 Å². The van der Waals surface area contributed by atoms with Crippen molar-refractivity contribution in [3.05, 3.63) is 46.9 Å². The molecule has 0 fully saturated rings. The number of pyridine rings is 1. The van der Waals surface area contributed by atoms with E-state index >= 15 is 0 Å². The highest BCUT2D eigenvalue weighted by Crippen LogP contribution is 2.29. The number of rotatable bonds is 3. The van der Waals surface area contributed by atoms with Gasteiger partial charge < -0.3 is 5.32 Å². The van der Waals surface area contributed by atoms with Gasteiger partial charge >= 0.3 is 0 Å². The van der Waals surface area contributed by atoms with E-state index in [0.29, 0.717) is 11.8 Å². The number of nitrogens with one attached hydrogen (secondary N) is 1. The molecular formula is C14H10ClFN2O2. The van der Waals surface area contributed by atoms with Gasteiger partial charge in [-0.1, -0.05) is 11.6 Å². The van der Waals surface area contributed by atoms with Gasteiger partial charge in [0.25, 0.3) is 0 Å². The number of carbonyl (C=O) groups excluding carboxylic acids is 2. The van der Waals surface area contributed by atoms with E-state index in [4.69, 9.17) is 11.6 Å². The van der Waals surface area contributed by atoms with Gasteiger partial charge in [0.15, 0.2) is 6.29 Å². The van der Waals surface area contributed by atoms with Crippen molar-refractivity contribution in [2.75, 3.05) is 5.32 Å². The molecule has 1 heterocycles. The Morgan fingerprint density at radius 1 is 1.35 bits per heavy atom. The normalized spacial score (nSPS) is 10.2. The van der Waals surface area contributed by atoms with E-state index in [9.17, 15) is 14.0 Å². The van der Waals surface area contributed by atoms with E-state index in [1.54, 1.807) is 0 Å². The quantitative estimate of drug-likeness (QED) is 0.883. The van der Waals surface area contributed by atoms with Crippen molar-refractivity contribution < 1.29 is 14.0 Å². The lowest BCUT2D eigenvalue weighted by Crippen LogP contribution is -2.08. The Morgan fingerprint density at radius 2 is 2.10 bits per heavy atom. The first-order chi connectivity index (χ1) is 9.51. The van der Waals surface area contributed by atoms with Crippen molar-refractivity contribution in [3.8, 4) is 11.1 Å². The van der Waals surface area contributed by atoms with E-state index in [1.807, 2.05) is 0 Å². The van der Waals surface area contributed by atoms with E-state index in [1.165, 1.54) is 31.3 Å². The molecule has 0 spiro atoms. The zero-order chi connectivity index (χ0) is 14.7. The minimum Gasteiger partial charge on any atom is -0.311 e. The topological polar surface area (TPSA) is 59.1 Å². The minimum absolute atomic E-state index is 0.213. The first-order valence-electron chi connectivity index (χ1n) is 5.69. The fourth-order valence-corrected chi connectivity index (χ4v) is 1.91. The third-order valence-corrected chi connectivity index (χ3v) is 2.82. The Morgan fingerprint density at radius 3 is 2.70 bits per heavy atom. The summed E-state index contributed by atoms with van der Waals surface area (Å²) in [5.74, 6) is -0.619. The van der Waals surface area contributed by atoms with Crippen LogP contribution in [0.2, 0.25) is 5.02 Å². The number of anilines is 1. The molecule has 20 heavy (non-hydrogen) atoms. The zero-order valence-corrected chi connectivity index (χ0v) is 11.2. The van der Waals surface area contributed by atoms with Gasteiger partial charge in [0.05, 0.1) is 0 Å². The first-order valence-corrected chi connectivity index (χ1v) is 6.07. The summed E-state index contributed by atoms with van der Waals surface area (Å²) in [6, 6.07) is 5.59. The molecule has 0 aliphatic carbocycles. The second-order valence-corrected chi connectivity index (χ2v) is 4.52. The molecule has 2 aromatic rings. The van der Waals surface area contributed by atoms with E-state index < -0.39 is 5.82 Å². The smallest absolute Gasteiger partial charge is 0.222 e. The average molecular weight is 293 g/mol. The Hall–Kier alpha value is -2.27. The van der Waals surface area contributed by atoms with Gasteiger partial charge in [0.1, 0.15) is 11.6 Å². The molecule has 102 valence electrons. The molecule has 1 aromatic carbocycles. The highest BCUT2D eigenvalue weighted by atomic mass is 35.5. The number of aldehydes is 1. The zero-order valence-electron chi connectivity index (χ0n) is 10.5. The summed E-state index contributed by atoms with van der Waals surface area (Å²) in [7, 11) is 0. The summed E-state index contributed by atoms with van der Waals surface area (Å²) < 4.78 is 13.9. The maximum absolute atomic E-state index is 13.9. The Kier molecular flexibility index (Phi) is 4.10. The van der Waals surface area contributed by atoms with Gasteiger partial charge in [0, 0.05) is 34.8 Å². The van der Waals surface area contributed by atoms with Gasteiger partial charge in [-0.05, 0) is 24.3 Å². The molecule has 1 aromatic heterocycles. The SMILES string of the molecule is CC(=O)Nc1cc(-c2ccc(Cl)cc2F)c(C=O)cn1. The number of amides is 1. The van der Waals surface area contributed by atoms with Crippen LogP contribution in [0.5, 0.6) is 0 Å². The van der Waals surface area contributed by atoms with Crippen molar-refractivity contribution in [1.82, 2.24) is 4.98 Å². The molecule has 1 N–H and O–H groups in total. The van der Waals surface area contributed by atoms with Crippen LogP contribution < -0.4 is 5.32 Å². The van der Waals surface area contributed by atoms with Crippen LogP contribution in [0.15, 0.2) is 30.5 Å². The molecular weight excluding hydrogens is 283 g/mol. The summed E-state index contributed by atoms with van der Waals surface area (Å²) in [6.45, 7) is 1.33. The lowest BCUT2D eigenvalue weighted by molar-refractivity contribution is -0.114. The minimum atomic E-state index is -0.555. The number of aromatic nitrogens is 1. The summed E-state index contributed by atoms with van der Waals surface area (Å²) in [5.41, 5.74) is 0.777. The maximum atomic E-state index is 13.9. The third-order valence-electron chi connectivity index (χ3n) is 2.59. The first kappa shape index (κ1) is 14.1. The number of hydrogen-bond acceptors (Lipinski definition) is 3. The van der Waals surface area contributed by atoms with E-state index in [0.717, 1.165) is 6.07 Å². The van der Waals surface area contributed by atoms with Gasteiger partial charge in [-0.3, -0.25) is 9.59 Å².